The Kier molecular flexibility index (Phi) is 5.00. The standard InChI is InChI=1S/C15H13ClN4OS2/c1-2-12-13(23-20-19-12)14(21)18-15-17-8-11(22-15)7-9-3-5-10(16)6-4-9/h3-6,8H,2,7H2,1H3,(H,17,18,21). The molecule has 0 fully saturated rings. The van der Waals surface area contributed by atoms with E-state index in [4.69, 9.17) is 11.6 Å². The average molecular weight is 365 g/mol. The molecule has 3 aromatic rings. The molecule has 118 valence electrons. The molecule has 0 radical (unpaired) electrons. The summed E-state index contributed by atoms with van der Waals surface area (Å²) >= 11 is 8.45. The van der Waals surface area contributed by atoms with Crippen molar-refractivity contribution in [1.82, 2.24) is 14.6 Å². The Bertz CT molecular complexity index is 813. The molecule has 3 rings (SSSR count). The van der Waals surface area contributed by atoms with Gasteiger partial charge >= 0.3 is 0 Å². The fraction of sp³-hybridized carbons (Fsp3) is 0.200. The monoisotopic (exact) mass is 364 g/mol. The first-order valence-corrected chi connectivity index (χ1v) is 8.94. The van der Waals surface area contributed by atoms with E-state index in [9.17, 15) is 4.79 Å². The van der Waals surface area contributed by atoms with Crippen molar-refractivity contribution in [3.8, 4) is 0 Å². The smallest absolute Gasteiger partial charge is 0.271 e. The molecular formula is C15H13ClN4OS2. The lowest BCUT2D eigenvalue weighted by Crippen LogP contribution is -2.11. The van der Waals surface area contributed by atoms with Gasteiger partial charge in [0.1, 0.15) is 4.88 Å². The highest BCUT2D eigenvalue weighted by molar-refractivity contribution is 7.16. The Labute approximate surface area is 146 Å². The molecule has 0 aliphatic heterocycles. The van der Waals surface area contributed by atoms with Crippen molar-refractivity contribution in [2.24, 2.45) is 0 Å². The molecule has 1 amide bonds. The van der Waals surface area contributed by atoms with Crippen molar-refractivity contribution in [3.05, 3.63) is 56.5 Å². The van der Waals surface area contributed by atoms with Gasteiger partial charge < -0.3 is 0 Å². The van der Waals surface area contributed by atoms with Gasteiger partial charge in [0.25, 0.3) is 5.91 Å². The van der Waals surface area contributed by atoms with Crippen molar-refractivity contribution in [3.63, 3.8) is 0 Å². The highest BCUT2D eigenvalue weighted by Crippen LogP contribution is 2.23. The van der Waals surface area contributed by atoms with Gasteiger partial charge in [-0.05, 0) is 35.6 Å². The van der Waals surface area contributed by atoms with Crippen molar-refractivity contribution < 1.29 is 4.79 Å². The second-order valence-corrected chi connectivity index (χ2v) is 7.10. The van der Waals surface area contributed by atoms with Gasteiger partial charge in [-0.25, -0.2) is 4.98 Å². The zero-order chi connectivity index (χ0) is 16.2. The molecule has 2 heterocycles. The first-order chi connectivity index (χ1) is 11.2. The highest BCUT2D eigenvalue weighted by Gasteiger charge is 2.16. The summed E-state index contributed by atoms with van der Waals surface area (Å²) in [7, 11) is 0. The zero-order valence-electron chi connectivity index (χ0n) is 12.2. The van der Waals surface area contributed by atoms with Crippen LogP contribution >= 0.6 is 34.5 Å². The lowest BCUT2D eigenvalue weighted by atomic mass is 10.1. The molecule has 0 aliphatic carbocycles. The number of nitrogens with zero attached hydrogens (tertiary/aromatic N) is 3. The maximum atomic E-state index is 12.2. The number of anilines is 1. The maximum absolute atomic E-state index is 12.2. The number of aromatic nitrogens is 3. The van der Waals surface area contributed by atoms with E-state index in [2.05, 4.69) is 19.9 Å². The molecule has 2 aromatic heterocycles. The van der Waals surface area contributed by atoms with Gasteiger partial charge in [0.15, 0.2) is 5.13 Å². The van der Waals surface area contributed by atoms with E-state index < -0.39 is 0 Å². The van der Waals surface area contributed by atoms with E-state index in [1.54, 1.807) is 6.20 Å². The number of hydrogen-bond acceptors (Lipinski definition) is 6. The number of aryl methyl sites for hydroxylation is 1. The highest BCUT2D eigenvalue weighted by atomic mass is 35.5. The van der Waals surface area contributed by atoms with Crippen molar-refractivity contribution in [1.29, 1.82) is 0 Å². The Morgan fingerprint density at radius 1 is 1.30 bits per heavy atom. The summed E-state index contributed by atoms with van der Waals surface area (Å²) < 4.78 is 3.83. The topological polar surface area (TPSA) is 67.8 Å². The Morgan fingerprint density at radius 2 is 2.09 bits per heavy atom. The van der Waals surface area contributed by atoms with E-state index in [1.807, 2.05) is 31.2 Å². The molecule has 0 bridgehead atoms. The normalized spacial score (nSPS) is 10.7. The molecule has 8 heteroatoms. The fourth-order valence-electron chi connectivity index (χ4n) is 2.02. The zero-order valence-corrected chi connectivity index (χ0v) is 14.6. The molecule has 0 atom stereocenters. The summed E-state index contributed by atoms with van der Waals surface area (Å²) in [5.41, 5.74) is 1.86. The molecule has 1 aromatic carbocycles. The molecule has 0 spiro atoms. The van der Waals surface area contributed by atoms with Crippen LogP contribution in [0, 0.1) is 0 Å². The summed E-state index contributed by atoms with van der Waals surface area (Å²) in [5, 5.41) is 8.05. The third-order valence-electron chi connectivity index (χ3n) is 3.16. The van der Waals surface area contributed by atoms with Crippen molar-refractivity contribution in [2.45, 2.75) is 19.8 Å². The molecule has 1 N–H and O–H groups in total. The average Bonchev–Trinajstić information content (AvgIpc) is 3.18. The minimum absolute atomic E-state index is 0.204. The number of hydrogen-bond donors (Lipinski definition) is 1. The van der Waals surface area contributed by atoms with Gasteiger partial charge in [0.05, 0.1) is 5.69 Å². The molecule has 5 nitrogen and oxygen atoms in total. The van der Waals surface area contributed by atoms with E-state index in [1.165, 1.54) is 11.3 Å². The second kappa shape index (κ2) is 7.16. The first-order valence-electron chi connectivity index (χ1n) is 6.97. The number of carbonyl (C=O) groups is 1. The van der Waals surface area contributed by atoms with Crippen LogP contribution in [0.25, 0.3) is 0 Å². The van der Waals surface area contributed by atoms with Gasteiger partial charge in [-0.3, -0.25) is 10.1 Å². The summed E-state index contributed by atoms with van der Waals surface area (Å²) in [6, 6.07) is 7.70. The quantitative estimate of drug-likeness (QED) is 0.741. The van der Waals surface area contributed by atoms with E-state index in [0.29, 0.717) is 22.1 Å². The largest absolute Gasteiger partial charge is 0.297 e. The Balaban J connectivity index is 1.67. The van der Waals surface area contributed by atoms with Gasteiger partial charge in [-0.1, -0.05) is 35.1 Å². The van der Waals surface area contributed by atoms with Crippen LogP contribution in [0.3, 0.4) is 0 Å². The number of benzene rings is 1. The summed E-state index contributed by atoms with van der Waals surface area (Å²) in [6.45, 7) is 1.95. The number of nitrogens with one attached hydrogen (secondary N) is 1. The van der Waals surface area contributed by atoms with Crippen LogP contribution in [-0.2, 0) is 12.8 Å². The predicted octanol–water partition coefficient (Wildman–Crippen LogP) is 4.05. The van der Waals surface area contributed by atoms with E-state index in [-0.39, 0.29) is 5.91 Å². The lowest BCUT2D eigenvalue weighted by molar-refractivity contribution is 0.102. The van der Waals surface area contributed by atoms with Crippen molar-refractivity contribution in [2.75, 3.05) is 5.32 Å². The fourth-order valence-corrected chi connectivity index (χ4v) is 3.63. The Hall–Kier alpha value is -1.83. The van der Waals surface area contributed by atoms with Crippen LogP contribution in [0.2, 0.25) is 5.02 Å². The van der Waals surface area contributed by atoms with Gasteiger partial charge in [-0.15, -0.1) is 16.4 Å². The van der Waals surface area contributed by atoms with Crippen LogP contribution in [0.5, 0.6) is 0 Å². The van der Waals surface area contributed by atoms with Gasteiger partial charge in [0.2, 0.25) is 0 Å². The second-order valence-electron chi connectivity index (χ2n) is 4.79. The molecule has 0 unspecified atom stereocenters. The predicted molar refractivity (Wildman–Crippen MR) is 93.6 cm³/mol. The molecule has 0 saturated heterocycles. The van der Waals surface area contributed by atoms with Crippen LogP contribution in [-0.4, -0.2) is 20.5 Å². The minimum Gasteiger partial charge on any atom is -0.297 e. The minimum atomic E-state index is -0.204. The number of rotatable bonds is 5. The van der Waals surface area contributed by atoms with Crippen LogP contribution in [0.1, 0.15) is 32.7 Å². The molecule has 23 heavy (non-hydrogen) atoms. The summed E-state index contributed by atoms with van der Waals surface area (Å²) in [5.74, 6) is -0.204. The molecule has 0 saturated carbocycles. The van der Waals surface area contributed by atoms with Gasteiger partial charge in [0, 0.05) is 22.5 Å². The lowest BCUT2D eigenvalue weighted by Gasteiger charge is -2.00. The number of carbonyl (C=O) groups excluding carboxylic acids is 1. The van der Waals surface area contributed by atoms with Gasteiger partial charge in [-0.2, -0.15) is 0 Å². The van der Waals surface area contributed by atoms with Crippen molar-refractivity contribution >= 4 is 45.5 Å². The van der Waals surface area contributed by atoms with E-state index >= 15 is 0 Å². The first kappa shape index (κ1) is 16.0. The maximum Gasteiger partial charge on any atom is 0.271 e. The number of thiazole rings is 1. The molecular weight excluding hydrogens is 352 g/mol. The third-order valence-corrected chi connectivity index (χ3v) is 5.09. The summed E-state index contributed by atoms with van der Waals surface area (Å²) in [4.78, 5) is 18.1. The third kappa shape index (κ3) is 3.93. The SMILES string of the molecule is CCc1nnsc1C(=O)Nc1ncc(Cc2ccc(Cl)cc2)s1. The Morgan fingerprint density at radius 3 is 2.83 bits per heavy atom. The van der Waals surface area contributed by atoms with Crippen LogP contribution in [0.4, 0.5) is 5.13 Å². The van der Waals surface area contributed by atoms with Crippen LogP contribution < -0.4 is 5.32 Å². The molecule has 0 aliphatic rings. The van der Waals surface area contributed by atoms with E-state index in [0.717, 1.165) is 33.4 Å². The number of amides is 1. The summed E-state index contributed by atoms with van der Waals surface area (Å²) in [6.07, 6.45) is 3.21. The van der Waals surface area contributed by atoms with Crippen LogP contribution in [0.15, 0.2) is 30.5 Å². The number of halogens is 1.